The highest BCUT2D eigenvalue weighted by Crippen LogP contribution is 2.20. The third-order valence-electron chi connectivity index (χ3n) is 2.59. The maximum atomic E-state index is 11.3. The monoisotopic (exact) mass is 289 g/mol. The standard InChI is InChI=1S/C12H19NO5S/c1-13(8-9-14)12(15,18-19(2,16)17)10-11-6-4-3-5-7-11/h3-7,14-15H,8-10H2,1-2H3. The number of nitrogens with zero attached hydrogens (tertiary/aromatic N) is 1. The predicted molar refractivity (Wildman–Crippen MR) is 70.7 cm³/mol. The van der Waals surface area contributed by atoms with Gasteiger partial charge in [0.1, 0.15) is 0 Å². The first kappa shape index (κ1) is 16.1. The van der Waals surface area contributed by atoms with Gasteiger partial charge in [0.2, 0.25) is 5.91 Å². The van der Waals surface area contributed by atoms with Crippen molar-refractivity contribution in [2.45, 2.75) is 12.3 Å². The Morgan fingerprint density at radius 3 is 2.37 bits per heavy atom. The van der Waals surface area contributed by atoms with Crippen molar-refractivity contribution in [1.82, 2.24) is 4.90 Å². The Hall–Kier alpha value is -0.990. The Kier molecular flexibility index (Phi) is 5.45. The molecule has 0 aliphatic rings. The summed E-state index contributed by atoms with van der Waals surface area (Å²) in [6.07, 6.45) is 0.840. The van der Waals surface area contributed by atoms with Gasteiger partial charge in [0.05, 0.1) is 12.9 Å². The third-order valence-corrected chi connectivity index (χ3v) is 3.16. The molecule has 1 rings (SSSR count). The van der Waals surface area contributed by atoms with Gasteiger partial charge in [-0.05, 0) is 12.6 Å². The van der Waals surface area contributed by atoms with Crippen molar-refractivity contribution >= 4 is 10.1 Å². The van der Waals surface area contributed by atoms with Crippen LogP contribution in [0.5, 0.6) is 0 Å². The molecule has 1 aromatic carbocycles. The molecule has 1 aromatic rings. The molecule has 0 radical (unpaired) electrons. The molecule has 1 unspecified atom stereocenters. The number of benzene rings is 1. The van der Waals surface area contributed by atoms with Crippen molar-refractivity contribution in [2.75, 3.05) is 26.5 Å². The van der Waals surface area contributed by atoms with Gasteiger partial charge in [-0.1, -0.05) is 30.3 Å². The summed E-state index contributed by atoms with van der Waals surface area (Å²) in [5, 5.41) is 19.3. The van der Waals surface area contributed by atoms with E-state index in [1.165, 1.54) is 11.9 Å². The largest absolute Gasteiger partial charge is 0.395 e. The maximum absolute atomic E-state index is 11.3. The van der Waals surface area contributed by atoms with Crippen molar-refractivity contribution in [1.29, 1.82) is 0 Å². The number of aliphatic hydroxyl groups is 2. The van der Waals surface area contributed by atoms with Gasteiger partial charge in [-0.25, -0.2) is 4.18 Å². The van der Waals surface area contributed by atoms with Crippen LogP contribution in [0.2, 0.25) is 0 Å². The van der Waals surface area contributed by atoms with E-state index >= 15 is 0 Å². The normalized spacial score (nSPS) is 15.4. The molecule has 0 saturated heterocycles. The fourth-order valence-corrected chi connectivity index (χ4v) is 2.33. The first-order valence-electron chi connectivity index (χ1n) is 5.76. The van der Waals surface area contributed by atoms with Gasteiger partial charge in [0, 0.05) is 13.0 Å². The molecular weight excluding hydrogens is 270 g/mol. The summed E-state index contributed by atoms with van der Waals surface area (Å²) >= 11 is 0. The molecule has 6 nitrogen and oxygen atoms in total. The summed E-state index contributed by atoms with van der Waals surface area (Å²) in [5.41, 5.74) is 0.721. The van der Waals surface area contributed by atoms with Crippen LogP contribution in [0.25, 0.3) is 0 Å². The molecule has 0 aliphatic heterocycles. The average Bonchev–Trinajstić information content (AvgIpc) is 2.28. The Morgan fingerprint density at radius 1 is 1.32 bits per heavy atom. The number of rotatable bonds is 7. The van der Waals surface area contributed by atoms with E-state index < -0.39 is 16.0 Å². The van der Waals surface area contributed by atoms with Crippen molar-refractivity contribution in [3.05, 3.63) is 35.9 Å². The molecule has 108 valence electrons. The summed E-state index contributed by atoms with van der Waals surface area (Å²) in [7, 11) is -2.36. The molecule has 2 N–H and O–H groups in total. The van der Waals surface area contributed by atoms with Crippen LogP contribution < -0.4 is 0 Å². The first-order chi connectivity index (χ1) is 8.77. The second kappa shape index (κ2) is 6.44. The van der Waals surface area contributed by atoms with Gasteiger partial charge in [-0.15, -0.1) is 0 Å². The SMILES string of the molecule is CN(CCO)C(O)(Cc1ccccc1)OS(C)(=O)=O. The van der Waals surface area contributed by atoms with Gasteiger partial charge in [0.25, 0.3) is 10.1 Å². The minimum absolute atomic E-state index is 0.0303. The van der Waals surface area contributed by atoms with E-state index in [1.54, 1.807) is 24.3 Å². The van der Waals surface area contributed by atoms with Gasteiger partial charge >= 0.3 is 0 Å². The quantitative estimate of drug-likeness (QED) is 0.533. The lowest BCUT2D eigenvalue weighted by atomic mass is 10.1. The summed E-state index contributed by atoms with van der Waals surface area (Å²) in [6.45, 7) is -0.139. The van der Waals surface area contributed by atoms with Crippen LogP contribution >= 0.6 is 0 Å². The topological polar surface area (TPSA) is 87.1 Å². The summed E-state index contributed by atoms with van der Waals surface area (Å²) in [5.74, 6) is -2.02. The Labute approximate surface area is 113 Å². The molecule has 7 heteroatoms. The zero-order valence-corrected chi connectivity index (χ0v) is 11.8. The first-order valence-corrected chi connectivity index (χ1v) is 7.57. The van der Waals surface area contributed by atoms with Crippen molar-refractivity contribution in [3.63, 3.8) is 0 Å². The second-order valence-corrected chi connectivity index (χ2v) is 5.91. The van der Waals surface area contributed by atoms with Crippen LogP contribution in [0.15, 0.2) is 30.3 Å². The number of hydrogen-bond acceptors (Lipinski definition) is 6. The van der Waals surface area contributed by atoms with E-state index in [-0.39, 0.29) is 19.6 Å². The Morgan fingerprint density at radius 2 is 1.89 bits per heavy atom. The number of aliphatic hydroxyl groups excluding tert-OH is 1. The van der Waals surface area contributed by atoms with E-state index in [4.69, 9.17) is 9.29 Å². The summed E-state index contributed by atoms with van der Waals surface area (Å²) < 4.78 is 27.3. The molecular formula is C12H19NO5S. The molecule has 0 heterocycles. The Bertz CT molecular complexity index is 490. The molecule has 0 fully saturated rings. The highest BCUT2D eigenvalue weighted by molar-refractivity contribution is 7.86. The summed E-state index contributed by atoms with van der Waals surface area (Å²) in [6, 6.07) is 8.88. The van der Waals surface area contributed by atoms with Crippen LogP contribution in [0.3, 0.4) is 0 Å². The van der Waals surface area contributed by atoms with E-state index in [0.29, 0.717) is 0 Å². The maximum Gasteiger partial charge on any atom is 0.268 e. The predicted octanol–water partition coefficient (Wildman–Crippen LogP) is -0.225. The van der Waals surface area contributed by atoms with Gasteiger partial charge in [0.15, 0.2) is 0 Å². The van der Waals surface area contributed by atoms with E-state index in [2.05, 4.69) is 0 Å². The van der Waals surface area contributed by atoms with Crippen LogP contribution in [0.1, 0.15) is 5.56 Å². The third kappa shape index (κ3) is 5.25. The molecule has 0 bridgehead atoms. The van der Waals surface area contributed by atoms with E-state index in [0.717, 1.165) is 11.8 Å². The zero-order valence-electron chi connectivity index (χ0n) is 11.0. The molecule has 19 heavy (non-hydrogen) atoms. The molecule has 0 aromatic heterocycles. The lowest BCUT2D eigenvalue weighted by Gasteiger charge is -2.35. The average molecular weight is 289 g/mol. The number of likely N-dealkylation sites (N-methyl/N-ethyl adjacent to an activating group) is 1. The minimum Gasteiger partial charge on any atom is -0.395 e. The lowest BCUT2D eigenvalue weighted by molar-refractivity contribution is -0.233. The lowest BCUT2D eigenvalue weighted by Crippen LogP contribution is -2.52. The fourth-order valence-electron chi connectivity index (χ4n) is 1.66. The van der Waals surface area contributed by atoms with Crippen molar-refractivity contribution in [3.8, 4) is 0 Å². The highest BCUT2D eigenvalue weighted by Gasteiger charge is 2.37. The van der Waals surface area contributed by atoms with Crippen LogP contribution in [0, 0.1) is 0 Å². The Balaban J connectivity index is 2.98. The van der Waals surface area contributed by atoms with Gasteiger partial charge < -0.3 is 10.2 Å². The van der Waals surface area contributed by atoms with E-state index in [1.807, 2.05) is 6.07 Å². The van der Waals surface area contributed by atoms with Crippen LogP contribution in [-0.2, 0) is 20.7 Å². The molecule has 0 saturated carbocycles. The molecule has 1 atom stereocenters. The van der Waals surface area contributed by atoms with Crippen molar-refractivity contribution < 1.29 is 22.8 Å². The van der Waals surface area contributed by atoms with Crippen LogP contribution in [-0.4, -0.2) is 55.9 Å². The minimum atomic E-state index is -3.84. The van der Waals surface area contributed by atoms with E-state index in [9.17, 15) is 13.5 Å². The summed E-state index contributed by atoms with van der Waals surface area (Å²) in [4.78, 5) is 1.25. The molecule has 0 spiro atoms. The second-order valence-electron chi connectivity index (χ2n) is 4.34. The van der Waals surface area contributed by atoms with Gasteiger partial charge in [-0.3, -0.25) is 4.90 Å². The smallest absolute Gasteiger partial charge is 0.268 e. The van der Waals surface area contributed by atoms with Gasteiger partial charge in [-0.2, -0.15) is 8.42 Å². The fraction of sp³-hybridized carbons (Fsp3) is 0.500. The highest BCUT2D eigenvalue weighted by atomic mass is 32.2. The molecule has 0 amide bonds. The number of hydrogen-bond donors (Lipinski definition) is 2. The van der Waals surface area contributed by atoms with Crippen LogP contribution in [0.4, 0.5) is 0 Å². The zero-order chi connectivity index (χ0) is 14.5. The van der Waals surface area contributed by atoms with Crippen molar-refractivity contribution in [2.24, 2.45) is 0 Å². The molecule has 0 aliphatic carbocycles.